The molecule has 0 aliphatic carbocycles. The van der Waals surface area contributed by atoms with Gasteiger partial charge < -0.3 is 10.4 Å². The first-order valence-electron chi connectivity index (χ1n) is 5.04. The van der Waals surface area contributed by atoms with Gasteiger partial charge in [-0.25, -0.2) is 4.39 Å². The third-order valence-corrected chi connectivity index (χ3v) is 2.41. The van der Waals surface area contributed by atoms with E-state index in [0.29, 0.717) is 12.2 Å². The molecule has 6 heteroatoms. The average molecular weight is 251 g/mol. The number of hydrogen-bond donors (Lipinski definition) is 2. The number of alkyl halides is 4. The van der Waals surface area contributed by atoms with Gasteiger partial charge in [0.2, 0.25) is 5.60 Å². The van der Waals surface area contributed by atoms with Crippen molar-refractivity contribution in [1.29, 1.82) is 0 Å². The second-order valence-corrected chi connectivity index (χ2v) is 3.60. The normalized spacial score (nSPS) is 15.4. The van der Waals surface area contributed by atoms with Crippen LogP contribution in [-0.4, -0.2) is 24.5 Å². The summed E-state index contributed by atoms with van der Waals surface area (Å²) in [4.78, 5) is 0. The van der Waals surface area contributed by atoms with Crippen LogP contribution in [0.1, 0.15) is 12.5 Å². The van der Waals surface area contributed by atoms with Gasteiger partial charge in [-0.2, -0.15) is 13.2 Å². The Morgan fingerprint density at radius 1 is 1.18 bits per heavy atom. The summed E-state index contributed by atoms with van der Waals surface area (Å²) >= 11 is 0. The average Bonchev–Trinajstić information content (AvgIpc) is 2.28. The highest BCUT2D eigenvalue weighted by Gasteiger charge is 2.55. The number of rotatable bonds is 4. The SMILES string of the molecule is CCNc1ccc(C(O)(CF)C(F)(F)F)cc1. The first-order chi connectivity index (χ1) is 7.85. The van der Waals surface area contributed by atoms with E-state index in [1.165, 1.54) is 12.1 Å². The largest absolute Gasteiger partial charge is 0.424 e. The molecule has 0 saturated heterocycles. The van der Waals surface area contributed by atoms with E-state index in [0.717, 1.165) is 12.1 Å². The van der Waals surface area contributed by atoms with Crippen molar-refractivity contribution in [3.63, 3.8) is 0 Å². The minimum absolute atomic E-state index is 0.505. The van der Waals surface area contributed by atoms with Crippen molar-refractivity contribution in [1.82, 2.24) is 0 Å². The highest BCUT2D eigenvalue weighted by molar-refractivity contribution is 5.45. The Labute approximate surface area is 96.3 Å². The molecular weight excluding hydrogens is 238 g/mol. The minimum atomic E-state index is -5.04. The van der Waals surface area contributed by atoms with E-state index >= 15 is 0 Å². The molecule has 0 fully saturated rings. The molecule has 1 aromatic carbocycles. The molecule has 0 saturated carbocycles. The van der Waals surface area contributed by atoms with Gasteiger partial charge >= 0.3 is 6.18 Å². The predicted octanol–water partition coefficient (Wildman–Crippen LogP) is 2.84. The fourth-order valence-electron chi connectivity index (χ4n) is 1.38. The lowest BCUT2D eigenvalue weighted by Crippen LogP contribution is -2.44. The van der Waals surface area contributed by atoms with Crippen molar-refractivity contribution < 1.29 is 22.7 Å². The van der Waals surface area contributed by atoms with Crippen LogP contribution in [0.4, 0.5) is 23.2 Å². The summed E-state index contributed by atoms with van der Waals surface area (Å²) in [6.45, 7) is 0.546. The fourth-order valence-corrected chi connectivity index (χ4v) is 1.38. The van der Waals surface area contributed by atoms with Crippen molar-refractivity contribution in [2.24, 2.45) is 0 Å². The smallest absolute Gasteiger partial charge is 0.385 e. The topological polar surface area (TPSA) is 32.3 Å². The lowest BCUT2D eigenvalue weighted by atomic mass is 9.94. The number of anilines is 1. The van der Waals surface area contributed by atoms with Gasteiger partial charge in [-0.3, -0.25) is 0 Å². The number of aliphatic hydroxyl groups is 1. The summed E-state index contributed by atoms with van der Waals surface area (Å²) in [6.07, 6.45) is -5.04. The molecule has 1 unspecified atom stereocenters. The second-order valence-electron chi connectivity index (χ2n) is 3.60. The summed E-state index contributed by atoms with van der Waals surface area (Å²) < 4.78 is 50.1. The van der Waals surface area contributed by atoms with Gasteiger partial charge in [0.05, 0.1) is 0 Å². The van der Waals surface area contributed by atoms with E-state index in [1.54, 1.807) is 0 Å². The molecule has 0 amide bonds. The summed E-state index contributed by atoms with van der Waals surface area (Å²) in [5, 5.41) is 12.2. The third-order valence-electron chi connectivity index (χ3n) is 2.41. The van der Waals surface area contributed by atoms with Crippen LogP contribution < -0.4 is 5.32 Å². The molecular formula is C11H13F4NO. The molecule has 2 nitrogen and oxygen atoms in total. The van der Waals surface area contributed by atoms with E-state index in [2.05, 4.69) is 5.32 Å². The highest BCUT2D eigenvalue weighted by Crippen LogP contribution is 2.39. The lowest BCUT2D eigenvalue weighted by molar-refractivity contribution is -0.271. The summed E-state index contributed by atoms with van der Waals surface area (Å²) in [5.74, 6) is 0. The Balaban J connectivity index is 3.05. The molecule has 0 aliphatic rings. The van der Waals surface area contributed by atoms with E-state index < -0.39 is 24.0 Å². The van der Waals surface area contributed by atoms with Crippen LogP contribution in [0.25, 0.3) is 0 Å². The van der Waals surface area contributed by atoms with E-state index in [4.69, 9.17) is 0 Å². The molecule has 0 bridgehead atoms. The van der Waals surface area contributed by atoms with Gasteiger partial charge in [0, 0.05) is 12.2 Å². The van der Waals surface area contributed by atoms with Crippen molar-refractivity contribution in [3.8, 4) is 0 Å². The number of benzene rings is 1. The predicted molar refractivity (Wildman–Crippen MR) is 56.5 cm³/mol. The molecule has 0 heterocycles. The van der Waals surface area contributed by atoms with Gasteiger partial charge in [0.25, 0.3) is 0 Å². The minimum Gasteiger partial charge on any atom is -0.385 e. The molecule has 96 valence electrons. The zero-order valence-corrected chi connectivity index (χ0v) is 9.18. The quantitative estimate of drug-likeness (QED) is 0.806. The van der Waals surface area contributed by atoms with E-state index in [-0.39, 0.29) is 0 Å². The number of nitrogens with one attached hydrogen (secondary N) is 1. The highest BCUT2D eigenvalue weighted by atomic mass is 19.4. The van der Waals surface area contributed by atoms with Crippen molar-refractivity contribution in [2.45, 2.75) is 18.7 Å². The monoisotopic (exact) mass is 251 g/mol. The van der Waals surface area contributed by atoms with Crippen LogP contribution in [0.2, 0.25) is 0 Å². The van der Waals surface area contributed by atoms with Crippen LogP contribution in [0.15, 0.2) is 24.3 Å². The Morgan fingerprint density at radius 3 is 2.06 bits per heavy atom. The second kappa shape index (κ2) is 4.91. The maximum atomic E-state index is 12.5. The molecule has 0 aromatic heterocycles. The van der Waals surface area contributed by atoms with Crippen LogP contribution in [0.3, 0.4) is 0 Å². The standard InChI is InChI=1S/C11H13F4NO/c1-2-16-9-5-3-8(4-6-9)10(17,7-12)11(13,14)15/h3-6,16-17H,2,7H2,1H3. The summed E-state index contributed by atoms with van der Waals surface area (Å²) in [7, 11) is 0. The molecule has 1 atom stereocenters. The third kappa shape index (κ3) is 2.69. The zero-order valence-electron chi connectivity index (χ0n) is 9.18. The van der Waals surface area contributed by atoms with Crippen LogP contribution >= 0.6 is 0 Å². The fraction of sp³-hybridized carbons (Fsp3) is 0.455. The maximum absolute atomic E-state index is 12.5. The molecule has 0 radical (unpaired) electrons. The van der Waals surface area contributed by atoms with Gasteiger partial charge in [-0.1, -0.05) is 12.1 Å². The van der Waals surface area contributed by atoms with Gasteiger partial charge in [0.15, 0.2) is 0 Å². The molecule has 17 heavy (non-hydrogen) atoms. The molecule has 0 spiro atoms. The van der Waals surface area contributed by atoms with Crippen LogP contribution in [0, 0.1) is 0 Å². The lowest BCUT2D eigenvalue weighted by Gasteiger charge is -2.28. The van der Waals surface area contributed by atoms with Gasteiger partial charge in [-0.15, -0.1) is 0 Å². The first-order valence-corrected chi connectivity index (χ1v) is 5.04. The molecule has 1 aromatic rings. The van der Waals surface area contributed by atoms with E-state index in [9.17, 15) is 22.7 Å². The molecule has 1 rings (SSSR count). The van der Waals surface area contributed by atoms with Crippen molar-refractivity contribution >= 4 is 5.69 Å². The van der Waals surface area contributed by atoms with Crippen molar-refractivity contribution in [3.05, 3.63) is 29.8 Å². The maximum Gasteiger partial charge on any atom is 0.424 e. The summed E-state index contributed by atoms with van der Waals surface area (Å²) in [6, 6.07) is 4.85. The van der Waals surface area contributed by atoms with E-state index in [1.807, 2.05) is 6.92 Å². The zero-order chi connectivity index (χ0) is 13.1. The Kier molecular flexibility index (Phi) is 3.98. The van der Waals surface area contributed by atoms with Gasteiger partial charge in [-0.05, 0) is 24.6 Å². The molecule has 0 aliphatic heterocycles. The Hall–Kier alpha value is -1.30. The van der Waals surface area contributed by atoms with Gasteiger partial charge in [0.1, 0.15) is 6.67 Å². The Morgan fingerprint density at radius 2 is 1.71 bits per heavy atom. The molecule has 2 N–H and O–H groups in total. The Bertz CT molecular complexity index is 363. The van der Waals surface area contributed by atoms with Crippen LogP contribution in [0.5, 0.6) is 0 Å². The summed E-state index contributed by atoms with van der Waals surface area (Å²) in [5.41, 5.74) is -3.33. The first kappa shape index (κ1) is 13.8. The van der Waals surface area contributed by atoms with Crippen molar-refractivity contribution in [2.75, 3.05) is 18.5 Å². The number of hydrogen-bond acceptors (Lipinski definition) is 2. The van der Waals surface area contributed by atoms with Crippen LogP contribution in [-0.2, 0) is 5.60 Å². The number of halogens is 4.